The van der Waals surface area contributed by atoms with E-state index in [1.54, 1.807) is 0 Å². The van der Waals surface area contributed by atoms with Crippen LogP contribution in [0, 0.1) is 0 Å². The van der Waals surface area contributed by atoms with Crippen molar-refractivity contribution in [1.82, 2.24) is 6.15 Å². The normalized spacial score (nSPS) is 6.78. The van der Waals surface area contributed by atoms with Crippen LogP contribution in [0.1, 0.15) is 0 Å². The topological polar surface area (TPSA) is 35.0 Å². The molecule has 1 aromatic carbocycles. The molecule has 0 amide bonds. The highest BCUT2D eigenvalue weighted by molar-refractivity contribution is 8.93. The molecule has 0 aromatic heterocycles. The SMILES string of the molecule is Br.N.Pc1ccccc1. The molecule has 1 aromatic rings. The molecule has 1 unspecified atom stereocenters. The van der Waals surface area contributed by atoms with Gasteiger partial charge in [-0.05, 0) is 5.30 Å². The molecule has 0 aliphatic rings. The number of rotatable bonds is 0. The molecule has 9 heavy (non-hydrogen) atoms. The van der Waals surface area contributed by atoms with Crippen LogP contribution in [0.2, 0.25) is 0 Å². The van der Waals surface area contributed by atoms with Crippen molar-refractivity contribution in [2.24, 2.45) is 0 Å². The minimum Gasteiger partial charge on any atom is -0.344 e. The molecule has 0 spiro atoms. The first-order valence-electron chi connectivity index (χ1n) is 2.20. The van der Waals surface area contributed by atoms with Crippen molar-refractivity contribution in [3.05, 3.63) is 30.3 Å². The van der Waals surface area contributed by atoms with Gasteiger partial charge in [0.1, 0.15) is 0 Å². The first-order valence-corrected chi connectivity index (χ1v) is 2.78. The highest BCUT2D eigenvalue weighted by Gasteiger charge is 1.72. The average molecular weight is 208 g/mol. The minimum absolute atomic E-state index is 0. The second-order valence-corrected chi connectivity index (χ2v) is 2.08. The van der Waals surface area contributed by atoms with Crippen LogP contribution in [0.25, 0.3) is 0 Å². The summed E-state index contributed by atoms with van der Waals surface area (Å²) < 4.78 is 0. The van der Waals surface area contributed by atoms with Crippen LogP contribution in [0.15, 0.2) is 30.3 Å². The van der Waals surface area contributed by atoms with E-state index < -0.39 is 0 Å². The van der Waals surface area contributed by atoms with E-state index >= 15 is 0 Å². The third-order valence-electron chi connectivity index (χ3n) is 0.800. The zero-order chi connectivity index (χ0) is 5.11. The molecule has 1 atom stereocenters. The lowest BCUT2D eigenvalue weighted by atomic mass is 10.4. The van der Waals surface area contributed by atoms with Crippen LogP contribution in [0.5, 0.6) is 0 Å². The van der Waals surface area contributed by atoms with Gasteiger partial charge in [0.15, 0.2) is 0 Å². The van der Waals surface area contributed by atoms with Crippen molar-refractivity contribution in [2.75, 3.05) is 0 Å². The van der Waals surface area contributed by atoms with Crippen molar-refractivity contribution in [1.29, 1.82) is 0 Å². The van der Waals surface area contributed by atoms with Crippen LogP contribution in [-0.2, 0) is 0 Å². The third-order valence-corrected chi connectivity index (χ3v) is 1.18. The summed E-state index contributed by atoms with van der Waals surface area (Å²) in [5.41, 5.74) is 0. The summed E-state index contributed by atoms with van der Waals surface area (Å²) in [4.78, 5) is 0. The monoisotopic (exact) mass is 207 g/mol. The lowest BCUT2D eigenvalue weighted by Crippen LogP contribution is -1.82. The maximum Gasteiger partial charge on any atom is -0.0303 e. The van der Waals surface area contributed by atoms with Crippen molar-refractivity contribution >= 4 is 31.5 Å². The minimum atomic E-state index is 0. The summed E-state index contributed by atoms with van der Waals surface area (Å²) in [5.74, 6) is 0. The first kappa shape index (κ1) is 11.8. The van der Waals surface area contributed by atoms with Crippen LogP contribution >= 0.6 is 26.2 Å². The highest BCUT2D eigenvalue weighted by atomic mass is 79.9. The van der Waals surface area contributed by atoms with E-state index in [1.165, 1.54) is 5.30 Å². The number of halogens is 1. The Balaban J connectivity index is 0. The summed E-state index contributed by atoms with van der Waals surface area (Å²) in [5, 5.41) is 1.24. The van der Waals surface area contributed by atoms with Gasteiger partial charge in [-0.2, -0.15) is 0 Å². The zero-order valence-corrected chi connectivity index (χ0v) is 7.95. The molecule has 0 aliphatic heterocycles. The lowest BCUT2D eigenvalue weighted by Gasteiger charge is -1.82. The van der Waals surface area contributed by atoms with Gasteiger partial charge in [-0.1, -0.05) is 30.3 Å². The quantitative estimate of drug-likeness (QED) is 0.649. The highest BCUT2D eigenvalue weighted by Crippen LogP contribution is 1.86. The number of hydrogen-bond donors (Lipinski definition) is 1. The summed E-state index contributed by atoms with van der Waals surface area (Å²) in [6.07, 6.45) is 0. The Morgan fingerprint density at radius 3 is 1.67 bits per heavy atom. The van der Waals surface area contributed by atoms with E-state index in [1.807, 2.05) is 30.3 Å². The van der Waals surface area contributed by atoms with Crippen molar-refractivity contribution < 1.29 is 0 Å². The van der Waals surface area contributed by atoms with E-state index in [0.717, 1.165) is 0 Å². The Bertz CT molecular complexity index is 143. The maximum absolute atomic E-state index is 2.63. The smallest absolute Gasteiger partial charge is 0.0303 e. The van der Waals surface area contributed by atoms with Gasteiger partial charge in [0, 0.05) is 0 Å². The van der Waals surface area contributed by atoms with Gasteiger partial charge in [-0.15, -0.1) is 26.2 Å². The summed E-state index contributed by atoms with van der Waals surface area (Å²) >= 11 is 0. The van der Waals surface area contributed by atoms with Gasteiger partial charge in [0.2, 0.25) is 0 Å². The fourth-order valence-electron chi connectivity index (χ4n) is 0.453. The van der Waals surface area contributed by atoms with Crippen LogP contribution in [0.4, 0.5) is 0 Å². The second-order valence-electron chi connectivity index (χ2n) is 1.41. The van der Waals surface area contributed by atoms with Crippen molar-refractivity contribution in [3.8, 4) is 0 Å². The van der Waals surface area contributed by atoms with E-state index in [0.29, 0.717) is 0 Å². The van der Waals surface area contributed by atoms with E-state index in [2.05, 4.69) is 9.24 Å². The fraction of sp³-hybridized carbons (Fsp3) is 0. The molecule has 0 bridgehead atoms. The summed E-state index contributed by atoms with van der Waals surface area (Å²) in [7, 11) is 2.63. The Morgan fingerprint density at radius 1 is 1.00 bits per heavy atom. The van der Waals surface area contributed by atoms with Crippen LogP contribution in [0.3, 0.4) is 0 Å². The lowest BCUT2D eigenvalue weighted by molar-refractivity contribution is 1.78. The van der Waals surface area contributed by atoms with E-state index in [4.69, 9.17) is 0 Å². The Labute approximate surface area is 68.4 Å². The largest absolute Gasteiger partial charge is 0.344 e. The molecule has 1 nitrogen and oxygen atoms in total. The maximum atomic E-state index is 2.63. The first-order chi connectivity index (χ1) is 3.39. The molecule has 0 aliphatic carbocycles. The molecule has 0 radical (unpaired) electrons. The average Bonchev–Trinajstić information content (AvgIpc) is 1.69. The molecule has 3 N–H and O–H groups in total. The Morgan fingerprint density at radius 2 is 1.44 bits per heavy atom. The molecule has 1 rings (SSSR count). The Kier molecular flexibility index (Phi) is 8.17. The fourth-order valence-corrected chi connectivity index (χ4v) is 0.675. The van der Waals surface area contributed by atoms with Gasteiger partial charge in [0.25, 0.3) is 0 Å². The van der Waals surface area contributed by atoms with E-state index in [-0.39, 0.29) is 23.1 Å². The van der Waals surface area contributed by atoms with Gasteiger partial charge in [-0.3, -0.25) is 0 Å². The van der Waals surface area contributed by atoms with Crippen molar-refractivity contribution in [3.63, 3.8) is 0 Å². The molecular formula is C6H11BrNP. The molecule has 52 valence electrons. The van der Waals surface area contributed by atoms with Gasteiger partial charge in [-0.25, -0.2) is 0 Å². The number of hydrogen-bond acceptors (Lipinski definition) is 1. The predicted octanol–water partition coefficient (Wildman–Crippen LogP) is 1.93. The van der Waals surface area contributed by atoms with Crippen LogP contribution < -0.4 is 11.5 Å². The van der Waals surface area contributed by atoms with E-state index in [9.17, 15) is 0 Å². The summed E-state index contributed by atoms with van der Waals surface area (Å²) in [6.45, 7) is 0. The zero-order valence-electron chi connectivity index (χ0n) is 5.08. The van der Waals surface area contributed by atoms with Gasteiger partial charge < -0.3 is 6.15 Å². The number of benzene rings is 1. The van der Waals surface area contributed by atoms with Crippen molar-refractivity contribution in [2.45, 2.75) is 0 Å². The standard InChI is InChI=1S/C6H7P.BrH.H3N/c7-6-4-2-1-3-5-6;;/h1-5H,7H2;1H;1H3. The molecule has 0 saturated heterocycles. The summed E-state index contributed by atoms with van der Waals surface area (Å²) in [6, 6.07) is 10.1. The molecule has 0 fully saturated rings. The molecule has 3 heteroatoms. The predicted molar refractivity (Wildman–Crippen MR) is 51.1 cm³/mol. The third kappa shape index (κ3) is 4.58. The van der Waals surface area contributed by atoms with Gasteiger partial charge in [0.05, 0.1) is 0 Å². The molecular weight excluding hydrogens is 197 g/mol. The Hall–Kier alpha value is 0.0900. The second kappa shape index (κ2) is 6.21. The van der Waals surface area contributed by atoms with Crippen LogP contribution in [-0.4, -0.2) is 0 Å². The molecule has 0 heterocycles. The molecule has 0 saturated carbocycles. The van der Waals surface area contributed by atoms with Gasteiger partial charge >= 0.3 is 0 Å².